The van der Waals surface area contributed by atoms with Crippen molar-refractivity contribution in [3.63, 3.8) is 0 Å². The molecule has 0 radical (unpaired) electrons. The van der Waals surface area contributed by atoms with Gasteiger partial charge in [-0.3, -0.25) is 0 Å². The summed E-state index contributed by atoms with van der Waals surface area (Å²) < 4.78 is 33.5. The number of primary sulfonamides is 1. The molecule has 17 heavy (non-hydrogen) atoms. The van der Waals surface area contributed by atoms with Crippen LogP contribution in [0.5, 0.6) is 5.75 Å². The molecule has 0 aliphatic carbocycles. The highest BCUT2D eigenvalue weighted by Gasteiger charge is 2.22. The van der Waals surface area contributed by atoms with Gasteiger partial charge in [0.05, 0.1) is 13.2 Å². The van der Waals surface area contributed by atoms with E-state index in [1.54, 1.807) is 6.07 Å². The summed E-state index contributed by atoms with van der Waals surface area (Å²) in [5.74, 6) is 0.215. The topological polar surface area (TPSA) is 78.6 Å². The number of sulfonamides is 1. The Balaban J connectivity index is 2.32. The maximum atomic E-state index is 11.4. The lowest BCUT2D eigenvalue weighted by molar-refractivity contribution is 0.139. The summed E-state index contributed by atoms with van der Waals surface area (Å²) in [5.41, 5.74) is 0. The Kier molecular flexibility index (Phi) is 3.58. The van der Waals surface area contributed by atoms with Gasteiger partial charge in [0, 0.05) is 11.4 Å². The maximum Gasteiger partial charge on any atom is 0.241 e. The molecule has 0 saturated carbocycles. The van der Waals surface area contributed by atoms with Gasteiger partial charge in [-0.1, -0.05) is 11.6 Å². The molecule has 1 heterocycles. The lowest BCUT2D eigenvalue weighted by Gasteiger charge is -2.14. The van der Waals surface area contributed by atoms with Crippen molar-refractivity contribution in [2.24, 2.45) is 5.14 Å². The molecule has 0 aromatic heterocycles. The summed E-state index contributed by atoms with van der Waals surface area (Å²) >= 11 is 5.74. The zero-order valence-corrected chi connectivity index (χ0v) is 10.5. The molecule has 94 valence electrons. The van der Waals surface area contributed by atoms with Crippen LogP contribution in [0.1, 0.15) is 6.42 Å². The number of benzene rings is 1. The Labute approximate surface area is 105 Å². The Hall–Kier alpha value is -0.820. The summed E-state index contributed by atoms with van der Waals surface area (Å²) in [6, 6.07) is 4.34. The van der Waals surface area contributed by atoms with E-state index in [-0.39, 0.29) is 16.7 Å². The first kappa shape index (κ1) is 12.6. The molecule has 1 aromatic carbocycles. The smallest absolute Gasteiger partial charge is 0.241 e. The van der Waals surface area contributed by atoms with Gasteiger partial charge in [0.1, 0.15) is 16.7 Å². The number of hydrogen-bond donors (Lipinski definition) is 1. The molecule has 0 bridgehead atoms. The Morgan fingerprint density at radius 2 is 2.24 bits per heavy atom. The molecule has 0 spiro atoms. The first-order chi connectivity index (χ1) is 7.97. The van der Waals surface area contributed by atoms with Crippen LogP contribution in [0.4, 0.5) is 0 Å². The molecule has 0 amide bonds. The molecule has 1 saturated heterocycles. The van der Waals surface area contributed by atoms with Gasteiger partial charge in [0.15, 0.2) is 0 Å². The lowest BCUT2D eigenvalue weighted by atomic mass is 10.3. The molecule has 5 nitrogen and oxygen atoms in total. The van der Waals surface area contributed by atoms with Crippen LogP contribution in [-0.4, -0.2) is 27.7 Å². The van der Waals surface area contributed by atoms with Crippen LogP contribution >= 0.6 is 11.6 Å². The molecule has 1 aliphatic rings. The van der Waals surface area contributed by atoms with Crippen LogP contribution in [0.2, 0.25) is 5.02 Å². The maximum absolute atomic E-state index is 11.4. The van der Waals surface area contributed by atoms with Crippen LogP contribution in [0, 0.1) is 0 Å². The standard InChI is InChI=1S/C10H12ClNO4S/c11-7-1-2-9(10(5-7)17(12,13)14)16-8-3-4-15-6-8/h1-2,5,8H,3-4,6H2,(H2,12,13,14). The minimum Gasteiger partial charge on any atom is -0.487 e. The Morgan fingerprint density at radius 1 is 1.47 bits per heavy atom. The minimum atomic E-state index is -3.85. The molecule has 2 rings (SSSR count). The highest BCUT2D eigenvalue weighted by molar-refractivity contribution is 7.89. The van der Waals surface area contributed by atoms with E-state index in [4.69, 9.17) is 26.2 Å². The number of ether oxygens (including phenoxy) is 2. The molecule has 1 unspecified atom stereocenters. The van der Waals surface area contributed by atoms with E-state index in [2.05, 4.69) is 0 Å². The van der Waals surface area contributed by atoms with Gasteiger partial charge in [0.2, 0.25) is 10.0 Å². The predicted molar refractivity (Wildman–Crippen MR) is 62.7 cm³/mol. The van der Waals surface area contributed by atoms with Crippen LogP contribution in [0.25, 0.3) is 0 Å². The SMILES string of the molecule is NS(=O)(=O)c1cc(Cl)ccc1OC1CCOC1. The van der Waals surface area contributed by atoms with E-state index in [0.29, 0.717) is 18.2 Å². The quantitative estimate of drug-likeness (QED) is 0.899. The predicted octanol–water partition coefficient (Wildman–Crippen LogP) is 1.16. The third-order valence-corrected chi connectivity index (χ3v) is 3.56. The van der Waals surface area contributed by atoms with Crippen molar-refractivity contribution in [1.29, 1.82) is 0 Å². The number of hydrogen-bond acceptors (Lipinski definition) is 4. The van der Waals surface area contributed by atoms with Crippen molar-refractivity contribution in [1.82, 2.24) is 0 Å². The summed E-state index contributed by atoms with van der Waals surface area (Å²) in [5, 5.41) is 5.40. The second kappa shape index (κ2) is 4.81. The normalized spacial score (nSPS) is 20.5. The van der Waals surface area contributed by atoms with Crippen LogP contribution in [0.15, 0.2) is 23.1 Å². The van der Waals surface area contributed by atoms with Crippen molar-refractivity contribution in [2.45, 2.75) is 17.4 Å². The summed E-state index contributed by atoms with van der Waals surface area (Å²) in [7, 11) is -3.85. The van der Waals surface area contributed by atoms with Gasteiger partial charge in [-0.05, 0) is 18.2 Å². The van der Waals surface area contributed by atoms with E-state index >= 15 is 0 Å². The highest BCUT2D eigenvalue weighted by Crippen LogP contribution is 2.28. The first-order valence-electron chi connectivity index (χ1n) is 5.03. The van der Waals surface area contributed by atoms with Crippen molar-refractivity contribution in [3.8, 4) is 5.75 Å². The number of nitrogens with two attached hydrogens (primary N) is 1. The Morgan fingerprint density at radius 3 is 2.82 bits per heavy atom. The molecule has 1 fully saturated rings. The van der Waals surface area contributed by atoms with E-state index in [1.807, 2.05) is 0 Å². The van der Waals surface area contributed by atoms with E-state index in [1.165, 1.54) is 12.1 Å². The molecular weight excluding hydrogens is 266 g/mol. The molecule has 2 N–H and O–H groups in total. The molecular formula is C10H12ClNO4S. The zero-order valence-electron chi connectivity index (χ0n) is 8.93. The van der Waals surface area contributed by atoms with Crippen LogP contribution < -0.4 is 9.88 Å². The largest absolute Gasteiger partial charge is 0.487 e. The molecule has 1 atom stereocenters. The summed E-state index contributed by atoms with van der Waals surface area (Å²) in [4.78, 5) is -0.100. The van der Waals surface area contributed by atoms with Gasteiger partial charge in [-0.25, -0.2) is 13.6 Å². The van der Waals surface area contributed by atoms with Gasteiger partial charge >= 0.3 is 0 Å². The van der Waals surface area contributed by atoms with Gasteiger partial charge < -0.3 is 9.47 Å². The van der Waals surface area contributed by atoms with Crippen molar-refractivity contribution in [3.05, 3.63) is 23.2 Å². The average molecular weight is 278 g/mol. The molecule has 1 aromatic rings. The molecule has 1 aliphatic heterocycles. The van der Waals surface area contributed by atoms with Crippen LogP contribution in [0.3, 0.4) is 0 Å². The van der Waals surface area contributed by atoms with Gasteiger partial charge in [-0.15, -0.1) is 0 Å². The highest BCUT2D eigenvalue weighted by atomic mass is 35.5. The van der Waals surface area contributed by atoms with Gasteiger partial charge in [0.25, 0.3) is 0 Å². The summed E-state index contributed by atoms with van der Waals surface area (Å²) in [6.45, 7) is 1.07. The van der Waals surface area contributed by atoms with Crippen molar-refractivity contribution in [2.75, 3.05) is 13.2 Å². The zero-order chi connectivity index (χ0) is 12.5. The fraction of sp³-hybridized carbons (Fsp3) is 0.400. The van der Waals surface area contributed by atoms with E-state index < -0.39 is 10.0 Å². The second-order valence-corrected chi connectivity index (χ2v) is 5.71. The van der Waals surface area contributed by atoms with Crippen molar-refractivity contribution >= 4 is 21.6 Å². The third kappa shape index (κ3) is 3.10. The van der Waals surface area contributed by atoms with Gasteiger partial charge in [-0.2, -0.15) is 0 Å². The number of rotatable bonds is 3. The third-order valence-electron chi connectivity index (χ3n) is 2.39. The first-order valence-corrected chi connectivity index (χ1v) is 6.96. The fourth-order valence-corrected chi connectivity index (χ4v) is 2.51. The summed E-state index contributed by atoms with van der Waals surface area (Å²) in [6.07, 6.45) is 0.587. The lowest BCUT2D eigenvalue weighted by Crippen LogP contribution is -2.19. The van der Waals surface area contributed by atoms with E-state index in [9.17, 15) is 8.42 Å². The number of halogens is 1. The molecule has 7 heteroatoms. The fourth-order valence-electron chi connectivity index (χ4n) is 1.59. The van der Waals surface area contributed by atoms with E-state index in [0.717, 1.165) is 6.42 Å². The van der Waals surface area contributed by atoms with Crippen molar-refractivity contribution < 1.29 is 17.9 Å². The second-order valence-electron chi connectivity index (χ2n) is 3.74. The van der Waals surface area contributed by atoms with Crippen LogP contribution in [-0.2, 0) is 14.8 Å². The average Bonchev–Trinajstić information content (AvgIpc) is 2.72. The minimum absolute atomic E-state index is 0.100. The monoisotopic (exact) mass is 277 g/mol. The Bertz CT molecular complexity index is 511.